The minimum atomic E-state index is -0.134. The average molecular weight is 417 g/mol. The van der Waals surface area contributed by atoms with Gasteiger partial charge in [-0.2, -0.15) is 0 Å². The van der Waals surface area contributed by atoms with Crippen LogP contribution in [0.25, 0.3) is 0 Å². The fourth-order valence-electron chi connectivity index (χ4n) is 3.39. The van der Waals surface area contributed by atoms with Gasteiger partial charge in [-0.15, -0.1) is 0 Å². The fourth-order valence-corrected chi connectivity index (χ4v) is 3.52. The fraction of sp³-hybridized carbons (Fsp3) is 0.435. The van der Waals surface area contributed by atoms with Crippen molar-refractivity contribution in [1.82, 2.24) is 10.2 Å². The van der Waals surface area contributed by atoms with Crippen LogP contribution in [0.2, 0.25) is 5.02 Å². The summed E-state index contributed by atoms with van der Waals surface area (Å²) in [6, 6.07) is 15.8. The average Bonchev–Trinajstić information content (AvgIpc) is 2.74. The monoisotopic (exact) mass is 416 g/mol. The van der Waals surface area contributed by atoms with Crippen LogP contribution >= 0.6 is 11.6 Å². The van der Waals surface area contributed by atoms with Crippen molar-refractivity contribution in [3.8, 4) is 5.75 Å². The Kier molecular flexibility index (Phi) is 7.92. The van der Waals surface area contributed by atoms with E-state index >= 15 is 0 Å². The first kappa shape index (κ1) is 21.6. The molecule has 1 saturated heterocycles. The first-order valence-corrected chi connectivity index (χ1v) is 10.5. The maximum absolute atomic E-state index is 12.4. The zero-order valence-electron chi connectivity index (χ0n) is 17.1. The van der Waals surface area contributed by atoms with E-state index in [0.29, 0.717) is 36.4 Å². The molecule has 29 heavy (non-hydrogen) atoms. The maximum atomic E-state index is 12.4. The van der Waals surface area contributed by atoms with Gasteiger partial charge in [0.25, 0.3) is 5.91 Å². The van der Waals surface area contributed by atoms with Crippen molar-refractivity contribution in [3.05, 3.63) is 64.7 Å². The van der Waals surface area contributed by atoms with E-state index in [-0.39, 0.29) is 18.6 Å². The topological polar surface area (TPSA) is 50.8 Å². The van der Waals surface area contributed by atoms with Crippen LogP contribution in [0.5, 0.6) is 5.75 Å². The van der Waals surface area contributed by atoms with Crippen molar-refractivity contribution >= 4 is 17.5 Å². The van der Waals surface area contributed by atoms with Gasteiger partial charge in [-0.3, -0.25) is 9.69 Å². The Labute approximate surface area is 177 Å². The van der Waals surface area contributed by atoms with Crippen molar-refractivity contribution in [3.63, 3.8) is 0 Å². The molecule has 0 saturated carbocycles. The van der Waals surface area contributed by atoms with Crippen LogP contribution < -0.4 is 10.1 Å². The number of halogens is 1. The highest BCUT2D eigenvalue weighted by Crippen LogP contribution is 2.23. The first-order chi connectivity index (χ1) is 14.0. The zero-order valence-corrected chi connectivity index (χ0v) is 17.8. The van der Waals surface area contributed by atoms with Gasteiger partial charge in [0.2, 0.25) is 0 Å². The van der Waals surface area contributed by atoms with Crippen molar-refractivity contribution in [2.24, 2.45) is 0 Å². The molecule has 1 N–H and O–H groups in total. The first-order valence-electron chi connectivity index (χ1n) is 10.1. The van der Waals surface area contributed by atoms with Crippen LogP contribution in [0.1, 0.15) is 36.9 Å². The van der Waals surface area contributed by atoms with Gasteiger partial charge in [-0.1, -0.05) is 49.7 Å². The number of carbonyl (C=O) groups is 1. The number of carbonyl (C=O) groups excluding carboxylic acids is 1. The molecule has 2 aromatic carbocycles. The Morgan fingerprint density at radius 2 is 1.69 bits per heavy atom. The third kappa shape index (κ3) is 6.46. The Hall–Kier alpha value is -2.08. The van der Waals surface area contributed by atoms with Gasteiger partial charge in [-0.25, -0.2) is 0 Å². The van der Waals surface area contributed by atoms with Gasteiger partial charge in [0.15, 0.2) is 6.61 Å². The second-order valence-corrected chi connectivity index (χ2v) is 7.97. The number of benzene rings is 2. The summed E-state index contributed by atoms with van der Waals surface area (Å²) < 4.78 is 11.1. The van der Waals surface area contributed by atoms with Gasteiger partial charge in [-0.05, 0) is 41.3 Å². The second kappa shape index (κ2) is 10.6. The van der Waals surface area contributed by atoms with Crippen LogP contribution in [-0.4, -0.2) is 50.3 Å². The summed E-state index contributed by atoms with van der Waals surface area (Å²) in [5.74, 6) is 1.04. The molecule has 156 valence electrons. The lowest BCUT2D eigenvalue weighted by Crippen LogP contribution is -2.44. The van der Waals surface area contributed by atoms with E-state index < -0.39 is 0 Å². The second-order valence-electron chi connectivity index (χ2n) is 7.53. The summed E-state index contributed by atoms with van der Waals surface area (Å²) >= 11 is 6.04. The van der Waals surface area contributed by atoms with Crippen LogP contribution in [-0.2, 0) is 9.53 Å². The minimum Gasteiger partial charge on any atom is -0.484 e. The summed E-state index contributed by atoms with van der Waals surface area (Å²) in [6.45, 7) is 7.88. The van der Waals surface area contributed by atoms with E-state index in [4.69, 9.17) is 21.1 Å². The molecule has 1 atom stereocenters. The highest BCUT2D eigenvalue weighted by Gasteiger charge is 2.23. The number of morpholine rings is 1. The highest BCUT2D eigenvalue weighted by molar-refractivity contribution is 6.30. The number of nitrogens with one attached hydrogen (secondary N) is 1. The molecule has 1 heterocycles. The molecule has 1 amide bonds. The molecule has 3 rings (SSSR count). The maximum Gasteiger partial charge on any atom is 0.258 e. The summed E-state index contributed by atoms with van der Waals surface area (Å²) in [5.41, 5.74) is 2.37. The Balaban J connectivity index is 1.55. The Morgan fingerprint density at radius 1 is 1.07 bits per heavy atom. The molecule has 1 fully saturated rings. The lowest BCUT2D eigenvalue weighted by Gasteiger charge is -2.35. The predicted molar refractivity (Wildman–Crippen MR) is 116 cm³/mol. The van der Waals surface area contributed by atoms with Crippen LogP contribution in [0.3, 0.4) is 0 Å². The van der Waals surface area contributed by atoms with Gasteiger partial charge in [0, 0.05) is 24.7 Å². The predicted octanol–water partition coefficient (Wildman–Crippen LogP) is 4.03. The zero-order chi connectivity index (χ0) is 20.6. The molecule has 6 heteroatoms. The largest absolute Gasteiger partial charge is 0.484 e. The number of rotatable bonds is 8. The van der Waals surface area contributed by atoms with Crippen molar-refractivity contribution in [1.29, 1.82) is 0 Å². The SMILES string of the molecule is CC(C)c1ccc(OCC(=O)NC[C@@H](c2ccc(Cl)cc2)N2CCOCC2)cc1. The van der Waals surface area contributed by atoms with Gasteiger partial charge in [0.05, 0.1) is 19.3 Å². The molecule has 1 aliphatic rings. The lowest BCUT2D eigenvalue weighted by molar-refractivity contribution is -0.123. The standard InChI is InChI=1S/C23H29ClN2O3/c1-17(2)18-5-9-21(10-6-18)29-16-23(27)25-15-22(26-11-13-28-14-12-26)19-3-7-20(24)8-4-19/h3-10,17,22H,11-16H2,1-2H3,(H,25,27)/t22-/m0/s1. The molecule has 1 aliphatic heterocycles. The number of nitrogens with zero attached hydrogens (tertiary/aromatic N) is 1. The molecule has 2 aromatic rings. The van der Waals surface area contributed by atoms with Crippen molar-refractivity contribution in [2.75, 3.05) is 39.5 Å². The van der Waals surface area contributed by atoms with Crippen molar-refractivity contribution < 1.29 is 14.3 Å². The van der Waals surface area contributed by atoms with E-state index in [1.807, 2.05) is 48.5 Å². The number of hydrogen-bond donors (Lipinski definition) is 1. The highest BCUT2D eigenvalue weighted by atomic mass is 35.5. The number of ether oxygens (including phenoxy) is 2. The summed E-state index contributed by atoms with van der Waals surface area (Å²) in [7, 11) is 0. The summed E-state index contributed by atoms with van der Waals surface area (Å²) in [4.78, 5) is 14.7. The van der Waals surface area contributed by atoms with Crippen LogP contribution in [0, 0.1) is 0 Å². The molecule has 0 aliphatic carbocycles. The number of hydrogen-bond acceptors (Lipinski definition) is 4. The Morgan fingerprint density at radius 3 is 2.31 bits per heavy atom. The molecule has 5 nitrogen and oxygen atoms in total. The van der Waals surface area contributed by atoms with Gasteiger partial charge in [0.1, 0.15) is 5.75 Å². The third-order valence-electron chi connectivity index (χ3n) is 5.15. The van der Waals surface area contributed by atoms with E-state index in [2.05, 4.69) is 24.1 Å². The molecular weight excluding hydrogens is 388 g/mol. The van der Waals surface area contributed by atoms with Gasteiger partial charge < -0.3 is 14.8 Å². The summed E-state index contributed by atoms with van der Waals surface area (Å²) in [5, 5.41) is 3.72. The molecule has 0 radical (unpaired) electrons. The molecule has 0 unspecified atom stereocenters. The third-order valence-corrected chi connectivity index (χ3v) is 5.40. The molecule has 0 bridgehead atoms. The Bertz CT molecular complexity index is 772. The minimum absolute atomic E-state index is 0.00251. The van der Waals surface area contributed by atoms with E-state index in [1.165, 1.54) is 5.56 Å². The summed E-state index contributed by atoms with van der Waals surface area (Å²) in [6.07, 6.45) is 0. The van der Waals surface area contributed by atoms with E-state index in [9.17, 15) is 4.79 Å². The number of amides is 1. The van der Waals surface area contributed by atoms with Crippen LogP contribution in [0.15, 0.2) is 48.5 Å². The van der Waals surface area contributed by atoms with E-state index in [0.717, 1.165) is 18.7 Å². The van der Waals surface area contributed by atoms with Gasteiger partial charge >= 0.3 is 0 Å². The normalized spacial score (nSPS) is 15.9. The molecular formula is C23H29ClN2O3. The lowest BCUT2D eigenvalue weighted by atomic mass is 10.0. The quantitative estimate of drug-likeness (QED) is 0.705. The van der Waals surface area contributed by atoms with Crippen molar-refractivity contribution in [2.45, 2.75) is 25.8 Å². The molecule has 0 spiro atoms. The van der Waals surface area contributed by atoms with E-state index in [1.54, 1.807) is 0 Å². The molecule has 0 aromatic heterocycles. The van der Waals surface area contributed by atoms with Crippen LogP contribution in [0.4, 0.5) is 0 Å². The smallest absolute Gasteiger partial charge is 0.258 e.